The van der Waals surface area contributed by atoms with Crippen molar-refractivity contribution in [1.82, 2.24) is 4.31 Å². The van der Waals surface area contributed by atoms with Crippen molar-refractivity contribution in [3.8, 4) is 18.2 Å². The van der Waals surface area contributed by atoms with Crippen LogP contribution in [0.1, 0.15) is 135 Å². The van der Waals surface area contributed by atoms with Crippen LogP contribution in [0.4, 0.5) is 0 Å². The Morgan fingerprint density at radius 3 is 1.41 bits per heavy atom. The van der Waals surface area contributed by atoms with Crippen LogP contribution in [-0.2, 0) is 10.0 Å². The molecule has 0 aliphatic heterocycles. The van der Waals surface area contributed by atoms with E-state index in [1.165, 1.54) is 0 Å². The first kappa shape index (κ1) is 32.4. The molecule has 0 rings (SSSR count). The molecule has 0 heterocycles. The average Bonchev–Trinajstić information content (AvgIpc) is 2.83. The van der Waals surface area contributed by atoms with Gasteiger partial charge in [0.25, 0.3) is 0 Å². The maximum Gasteiger partial charge on any atom is 0.230 e. The van der Waals surface area contributed by atoms with Gasteiger partial charge in [0.05, 0.1) is 18.2 Å². The van der Waals surface area contributed by atoms with E-state index in [2.05, 4.69) is 25.1 Å². The molecule has 0 aromatic heterocycles. The van der Waals surface area contributed by atoms with E-state index in [4.69, 9.17) is 10.5 Å². The van der Waals surface area contributed by atoms with Crippen molar-refractivity contribution in [2.75, 3.05) is 13.1 Å². The van der Waals surface area contributed by atoms with E-state index in [1.54, 1.807) is 4.31 Å². The highest BCUT2D eigenvalue weighted by molar-refractivity contribution is 7.90. The fourth-order valence-corrected chi connectivity index (χ4v) is 5.88. The molecule has 0 aromatic rings. The Hall–Kier alpha value is -1.62. The van der Waals surface area contributed by atoms with Crippen molar-refractivity contribution >= 4 is 10.0 Å². The fourth-order valence-electron chi connectivity index (χ4n) is 4.16. The smallest absolute Gasteiger partial charge is 0.211 e. The highest BCUT2D eigenvalue weighted by atomic mass is 32.2. The third-order valence-electron chi connectivity index (χ3n) is 6.33. The van der Waals surface area contributed by atoms with Gasteiger partial charge in [-0.3, -0.25) is 0 Å². The van der Waals surface area contributed by atoms with Crippen LogP contribution in [0, 0.1) is 34.0 Å². The lowest BCUT2D eigenvalue weighted by molar-refractivity contribution is 0.379. The minimum Gasteiger partial charge on any atom is -0.211 e. The van der Waals surface area contributed by atoms with E-state index >= 15 is 0 Å². The quantitative estimate of drug-likeness (QED) is 0.131. The van der Waals surface area contributed by atoms with Crippen LogP contribution in [0.5, 0.6) is 0 Å². The SMILES string of the molecule is CCCCCC(C#N)S(=O)(=O)N(CCCCCCCCCC#N)CCCCCCCCCC#N. The minimum atomic E-state index is -3.60. The van der Waals surface area contributed by atoms with E-state index in [0.717, 1.165) is 109 Å². The zero-order valence-corrected chi connectivity index (χ0v) is 22.5. The molecule has 7 heteroatoms. The van der Waals surface area contributed by atoms with Gasteiger partial charge in [-0.25, -0.2) is 12.7 Å². The maximum absolute atomic E-state index is 13.2. The molecule has 0 bridgehead atoms. The van der Waals surface area contributed by atoms with Crippen LogP contribution < -0.4 is 0 Å². The molecule has 0 N–H and O–H groups in total. The molecule has 0 aliphatic rings. The molecule has 0 saturated carbocycles. The fraction of sp³-hybridized carbons (Fsp3) is 0.889. The lowest BCUT2D eigenvalue weighted by atomic mass is 10.1. The molecule has 0 fully saturated rings. The third-order valence-corrected chi connectivity index (χ3v) is 8.47. The normalized spacial score (nSPS) is 12.2. The maximum atomic E-state index is 13.2. The number of unbranched alkanes of at least 4 members (excludes halogenated alkanes) is 16. The average molecular weight is 493 g/mol. The van der Waals surface area contributed by atoms with Crippen molar-refractivity contribution in [1.29, 1.82) is 15.8 Å². The molecule has 34 heavy (non-hydrogen) atoms. The molecular weight excluding hydrogens is 444 g/mol. The van der Waals surface area contributed by atoms with Crippen molar-refractivity contribution < 1.29 is 8.42 Å². The van der Waals surface area contributed by atoms with E-state index in [1.807, 2.05) is 0 Å². The van der Waals surface area contributed by atoms with E-state index in [0.29, 0.717) is 32.4 Å². The number of hydrogen-bond donors (Lipinski definition) is 0. The third kappa shape index (κ3) is 16.9. The molecular formula is C27H48N4O2S. The summed E-state index contributed by atoms with van der Waals surface area (Å²) in [6, 6.07) is 6.43. The molecule has 1 unspecified atom stereocenters. The Balaban J connectivity index is 4.55. The van der Waals surface area contributed by atoms with E-state index in [-0.39, 0.29) is 0 Å². The van der Waals surface area contributed by atoms with Gasteiger partial charge in [0, 0.05) is 25.9 Å². The van der Waals surface area contributed by atoms with Crippen molar-refractivity contribution in [3.05, 3.63) is 0 Å². The zero-order valence-electron chi connectivity index (χ0n) is 21.6. The van der Waals surface area contributed by atoms with Gasteiger partial charge >= 0.3 is 0 Å². The summed E-state index contributed by atoms with van der Waals surface area (Å²) < 4.78 is 28.1. The number of nitrogens with zero attached hydrogens (tertiary/aromatic N) is 4. The predicted molar refractivity (Wildman–Crippen MR) is 139 cm³/mol. The Morgan fingerprint density at radius 2 is 1.03 bits per heavy atom. The second-order valence-corrected chi connectivity index (χ2v) is 11.4. The molecule has 0 aromatic carbocycles. The van der Waals surface area contributed by atoms with Gasteiger partial charge in [0.15, 0.2) is 5.25 Å². The lowest BCUT2D eigenvalue weighted by Gasteiger charge is -2.25. The Morgan fingerprint density at radius 1 is 0.618 bits per heavy atom. The second-order valence-electron chi connectivity index (χ2n) is 9.32. The summed E-state index contributed by atoms with van der Waals surface area (Å²) in [5, 5.41) is 25.8. The van der Waals surface area contributed by atoms with Gasteiger partial charge in [-0.05, 0) is 32.1 Å². The number of rotatable bonds is 24. The summed E-state index contributed by atoms with van der Waals surface area (Å²) in [5.74, 6) is 0. The first-order valence-corrected chi connectivity index (χ1v) is 15.2. The van der Waals surface area contributed by atoms with Crippen LogP contribution in [0.25, 0.3) is 0 Å². The molecule has 0 amide bonds. The summed E-state index contributed by atoms with van der Waals surface area (Å²) in [5.41, 5.74) is 0. The topological polar surface area (TPSA) is 109 Å². The summed E-state index contributed by atoms with van der Waals surface area (Å²) in [6.07, 6.45) is 18.9. The molecule has 0 spiro atoms. The summed E-state index contributed by atoms with van der Waals surface area (Å²) in [4.78, 5) is 0. The lowest BCUT2D eigenvalue weighted by Crippen LogP contribution is -2.39. The van der Waals surface area contributed by atoms with Gasteiger partial charge in [-0.1, -0.05) is 90.4 Å². The van der Waals surface area contributed by atoms with Crippen LogP contribution in [0.3, 0.4) is 0 Å². The van der Waals surface area contributed by atoms with Gasteiger partial charge < -0.3 is 0 Å². The molecule has 0 aliphatic carbocycles. The van der Waals surface area contributed by atoms with Gasteiger partial charge in [0.2, 0.25) is 10.0 Å². The van der Waals surface area contributed by atoms with Gasteiger partial charge in [-0.15, -0.1) is 0 Å². The van der Waals surface area contributed by atoms with Gasteiger partial charge in [-0.2, -0.15) is 15.8 Å². The number of hydrogen-bond acceptors (Lipinski definition) is 5. The van der Waals surface area contributed by atoms with Crippen molar-refractivity contribution in [3.63, 3.8) is 0 Å². The van der Waals surface area contributed by atoms with Crippen LogP contribution >= 0.6 is 0 Å². The summed E-state index contributed by atoms with van der Waals surface area (Å²) >= 11 is 0. The van der Waals surface area contributed by atoms with E-state index in [9.17, 15) is 13.7 Å². The Labute approximate surface area is 210 Å². The van der Waals surface area contributed by atoms with Crippen molar-refractivity contribution in [2.24, 2.45) is 0 Å². The first-order chi connectivity index (χ1) is 16.5. The standard InChI is InChI=1S/C27H48N4O2S/c1-2-3-16-21-27(26-30)34(32,33)31(24-19-14-10-6-4-8-12-17-22-28)25-20-15-11-7-5-9-13-18-23-29/h27H,2-21,24-25H2,1H3. The first-order valence-electron chi connectivity index (χ1n) is 13.7. The van der Waals surface area contributed by atoms with Crippen LogP contribution in [0.15, 0.2) is 0 Å². The minimum absolute atomic E-state index is 0.425. The van der Waals surface area contributed by atoms with Crippen molar-refractivity contribution in [2.45, 2.75) is 141 Å². The highest BCUT2D eigenvalue weighted by Gasteiger charge is 2.31. The van der Waals surface area contributed by atoms with Crippen LogP contribution in [-0.4, -0.2) is 31.1 Å². The second kappa shape index (κ2) is 23.1. The molecule has 194 valence electrons. The molecule has 0 radical (unpaired) electrons. The molecule has 6 nitrogen and oxygen atoms in total. The summed E-state index contributed by atoms with van der Waals surface area (Å²) in [6.45, 7) is 3.10. The van der Waals surface area contributed by atoms with Crippen LogP contribution in [0.2, 0.25) is 0 Å². The van der Waals surface area contributed by atoms with Gasteiger partial charge in [0.1, 0.15) is 0 Å². The Kier molecular flexibility index (Phi) is 22.0. The Bertz CT molecular complexity index is 672. The summed E-state index contributed by atoms with van der Waals surface area (Å²) in [7, 11) is -3.60. The van der Waals surface area contributed by atoms with E-state index < -0.39 is 15.3 Å². The monoisotopic (exact) mass is 492 g/mol. The molecule has 0 saturated heterocycles. The molecule has 1 atom stereocenters. The number of nitriles is 3. The zero-order chi connectivity index (χ0) is 25.3. The predicted octanol–water partition coefficient (Wildman–Crippen LogP) is 7.38. The number of sulfonamides is 1. The largest absolute Gasteiger partial charge is 0.230 e. The highest BCUT2D eigenvalue weighted by Crippen LogP contribution is 2.19.